The number of para-hydroxylation sites is 11. The fraction of sp³-hybridized carbons (Fsp3) is 0. The molecule has 14 aromatic rings. The Morgan fingerprint density at radius 3 is 0.979 bits per heavy atom. The Morgan fingerprint density at radius 1 is 0.255 bits per heavy atom. The van der Waals surface area contributed by atoms with Crippen LogP contribution < -0.4 is 82.6 Å². The summed E-state index contributed by atoms with van der Waals surface area (Å²) in [4.78, 5) is 15.2. The minimum atomic E-state index is -0.232. The molecule has 5 nitrogen and oxygen atoms in total. The van der Waals surface area contributed by atoms with E-state index in [-0.39, 0.29) is 35.1 Å². The number of fused-ring (bicyclic) bond motifs is 10. The van der Waals surface area contributed by atoms with E-state index >= 15 is 0 Å². The molecule has 0 N–H and O–H groups in total. The monoisotopic (exact) mass is 1280 g/mol. The van der Waals surface area contributed by atoms with Crippen molar-refractivity contribution in [1.82, 2.24) is 0 Å². The van der Waals surface area contributed by atoms with Crippen LogP contribution in [0.4, 0.5) is 85.3 Å². The molecule has 0 amide bonds. The summed E-state index contributed by atoms with van der Waals surface area (Å²) < 4.78 is 2.85. The van der Waals surface area contributed by atoms with Crippen molar-refractivity contribution in [3.05, 3.63) is 340 Å². The fourth-order valence-electron chi connectivity index (χ4n) is 15.8. The summed E-state index contributed by atoms with van der Waals surface area (Å²) in [6.07, 6.45) is 0. The molecule has 94 heavy (non-hydrogen) atoms. The predicted octanol–water partition coefficient (Wildman–Crippen LogP) is 14.0. The van der Waals surface area contributed by atoms with E-state index < -0.39 is 0 Å². The van der Waals surface area contributed by atoms with Crippen LogP contribution in [0.25, 0.3) is 0 Å². The molecule has 0 saturated heterocycles. The fourth-order valence-corrected chi connectivity index (χ4v) is 20.1. The van der Waals surface area contributed by atoms with Crippen LogP contribution >= 0.6 is 11.8 Å². The number of benzene rings is 14. The zero-order chi connectivity index (χ0) is 61.8. The van der Waals surface area contributed by atoms with Crippen molar-refractivity contribution in [1.29, 1.82) is 0 Å². The van der Waals surface area contributed by atoms with Crippen LogP contribution in [0.5, 0.6) is 0 Å². The Bertz CT molecular complexity index is 4880. The quantitative estimate of drug-likeness (QED) is 0.126. The first kappa shape index (κ1) is 54.8. The van der Waals surface area contributed by atoms with Crippen molar-refractivity contribution < 1.29 is 0 Å². The molecule has 5 aliphatic rings. The first-order valence-corrected chi connectivity index (χ1v) is 34.9. The predicted molar refractivity (Wildman–Crippen MR) is 402 cm³/mol. The standard InChI is InChI=1S/C84H56B3N5SSe/c1-8-30-57(31-9-1)88(58-32-10-2-11-33-58)64-52-76-80-78(54-64)93-83-70(86(80)68-46-24-28-50-74(68)91(76)62-40-18-6-19-41-62)56-71-84(82(83)85-66-44-22-26-48-72(66)90(61-38-16-5-17-39-61)73-49-27-23-45-67(73)85)94-79-55-65(89(59-34-12-3-13-35-59)60-36-14-4-15-37-60)53-77-81(79)87(71)69-47-25-29-51-75(69)92(77)63-42-20-7-21-43-63/h1-56H. The van der Waals surface area contributed by atoms with Gasteiger partial charge in [0, 0.05) is 0 Å². The summed E-state index contributed by atoms with van der Waals surface area (Å²) in [5.41, 5.74) is 29.4. The van der Waals surface area contributed by atoms with Crippen LogP contribution in [-0.2, 0) is 0 Å². The van der Waals surface area contributed by atoms with Crippen molar-refractivity contribution in [2.45, 2.75) is 9.79 Å². The summed E-state index contributed by atoms with van der Waals surface area (Å²) in [5.74, 6) is 0. The van der Waals surface area contributed by atoms with Gasteiger partial charge >= 0.3 is 564 Å². The van der Waals surface area contributed by atoms with Gasteiger partial charge in [-0.2, -0.15) is 0 Å². The van der Waals surface area contributed by atoms with E-state index in [0.29, 0.717) is 0 Å². The molecule has 19 rings (SSSR count). The van der Waals surface area contributed by atoms with Crippen LogP contribution in [0, 0.1) is 0 Å². The Labute approximate surface area is 560 Å². The number of nitrogens with zero attached hydrogens (tertiary/aromatic N) is 5. The van der Waals surface area contributed by atoms with Gasteiger partial charge in [0.15, 0.2) is 0 Å². The third-order valence-electron chi connectivity index (χ3n) is 19.5. The molecule has 14 aromatic carbocycles. The van der Waals surface area contributed by atoms with Gasteiger partial charge in [0.1, 0.15) is 0 Å². The van der Waals surface area contributed by atoms with Crippen LogP contribution in [-0.4, -0.2) is 35.1 Å². The number of hydrogen-bond donors (Lipinski definition) is 0. The molecule has 5 heterocycles. The molecule has 10 heteroatoms. The first-order chi connectivity index (χ1) is 46.7. The van der Waals surface area contributed by atoms with Gasteiger partial charge in [0.2, 0.25) is 0 Å². The van der Waals surface area contributed by atoms with E-state index in [1.165, 1.54) is 102 Å². The Balaban J connectivity index is 0.941. The molecule has 5 aliphatic heterocycles. The molecule has 438 valence electrons. The Hall–Kier alpha value is -10.9. The topological polar surface area (TPSA) is 16.2 Å². The van der Waals surface area contributed by atoms with Crippen LogP contribution in [0.3, 0.4) is 0 Å². The SMILES string of the molecule is c1ccc(N(c2ccccc2)c2cc3c4c(c2)N(c2ccccc2)c2ccccc2B4c2cc4c(c(B5c6ccccc6N(c6ccccc6)c6ccccc65)c2S3)[Se]c2cc(N(c3ccccc3)c3ccccc3)cc3c2B4c2ccccc2N3c2ccccc2)cc1. The zero-order valence-corrected chi connectivity index (χ0v) is 53.6. The molecule has 0 fully saturated rings. The molecule has 0 bridgehead atoms. The normalized spacial score (nSPS) is 13.3. The van der Waals surface area contributed by atoms with Crippen molar-refractivity contribution in [3.63, 3.8) is 0 Å². The van der Waals surface area contributed by atoms with Crippen LogP contribution in [0.15, 0.2) is 350 Å². The van der Waals surface area contributed by atoms with Crippen molar-refractivity contribution in [3.8, 4) is 0 Å². The average Bonchev–Trinajstić information content (AvgIpc) is 0.686. The van der Waals surface area contributed by atoms with Gasteiger partial charge in [-0.3, -0.25) is 0 Å². The summed E-state index contributed by atoms with van der Waals surface area (Å²) in [6.45, 7) is -0.360. The molecule has 0 atom stereocenters. The van der Waals surface area contributed by atoms with E-state index in [1.807, 2.05) is 11.8 Å². The van der Waals surface area contributed by atoms with Gasteiger partial charge in [-0.1, -0.05) is 0 Å². The third-order valence-corrected chi connectivity index (χ3v) is 23.3. The maximum atomic E-state index is 2.74. The summed E-state index contributed by atoms with van der Waals surface area (Å²) in [7, 11) is 0. The second kappa shape index (κ2) is 22.5. The van der Waals surface area contributed by atoms with E-state index in [0.717, 1.165) is 51.2 Å². The van der Waals surface area contributed by atoms with E-state index in [9.17, 15) is 0 Å². The summed E-state index contributed by atoms with van der Waals surface area (Å²) >= 11 is 1.77. The Morgan fingerprint density at radius 2 is 0.574 bits per heavy atom. The average molecular weight is 1280 g/mol. The van der Waals surface area contributed by atoms with E-state index in [1.54, 1.807) is 0 Å². The first-order valence-electron chi connectivity index (χ1n) is 32.3. The minimum absolute atomic E-state index is 0.0973. The number of anilines is 15. The molecule has 0 spiro atoms. The van der Waals surface area contributed by atoms with Gasteiger partial charge in [-0.25, -0.2) is 0 Å². The second-order valence-corrected chi connectivity index (χ2v) is 27.9. The van der Waals surface area contributed by atoms with Gasteiger partial charge < -0.3 is 0 Å². The van der Waals surface area contributed by atoms with Gasteiger partial charge in [-0.15, -0.1) is 0 Å². The Kier molecular flexibility index (Phi) is 13.1. The number of rotatable bonds is 10. The van der Waals surface area contributed by atoms with E-state index in [4.69, 9.17) is 0 Å². The molecule has 0 unspecified atom stereocenters. The third kappa shape index (κ3) is 8.67. The van der Waals surface area contributed by atoms with Crippen molar-refractivity contribution >= 4 is 190 Å². The van der Waals surface area contributed by atoms with E-state index in [2.05, 4.69) is 364 Å². The van der Waals surface area contributed by atoms with Gasteiger partial charge in [-0.05, 0) is 0 Å². The van der Waals surface area contributed by atoms with Gasteiger partial charge in [0.05, 0.1) is 0 Å². The molecule has 0 aliphatic carbocycles. The number of hydrogen-bond acceptors (Lipinski definition) is 6. The molecular formula is C84H56B3N5SSe. The molecule has 0 saturated carbocycles. The summed E-state index contributed by atoms with van der Waals surface area (Å²) in [5, 5.41) is 0. The zero-order valence-electron chi connectivity index (χ0n) is 51.1. The summed E-state index contributed by atoms with van der Waals surface area (Å²) in [6, 6.07) is 127. The van der Waals surface area contributed by atoms with Crippen LogP contribution in [0.1, 0.15) is 0 Å². The molecule has 0 radical (unpaired) electrons. The second-order valence-electron chi connectivity index (χ2n) is 24.6. The maximum absolute atomic E-state index is 2.74. The molecule has 0 aromatic heterocycles. The van der Waals surface area contributed by atoms with Crippen molar-refractivity contribution in [2.24, 2.45) is 0 Å². The van der Waals surface area contributed by atoms with Crippen molar-refractivity contribution in [2.75, 3.05) is 24.5 Å². The van der Waals surface area contributed by atoms with Gasteiger partial charge in [0.25, 0.3) is 0 Å². The molecular weight excluding hydrogens is 1220 g/mol. The van der Waals surface area contributed by atoms with Crippen LogP contribution in [0.2, 0.25) is 0 Å².